The van der Waals surface area contributed by atoms with Gasteiger partial charge in [0.25, 0.3) is 0 Å². The highest BCUT2D eigenvalue weighted by molar-refractivity contribution is 7.92. The molecule has 3 nitrogen and oxygen atoms in total. The second-order valence-corrected chi connectivity index (χ2v) is 6.19. The summed E-state index contributed by atoms with van der Waals surface area (Å²) in [6.07, 6.45) is 0. The van der Waals surface area contributed by atoms with E-state index in [2.05, 4.69) is 5.32 Å². The third-order valence-corrected chi connectivity index (χ3v) is 4.95. The van der Waals surface area contributed by atoms with E-state index in [1.807, 2.05) is 20.8 Å². The van der Waals surface area contributed by atoms with E-state index >= 15 is 0 Å². The van der Waals surface area contributed by atoms with E-state index in [1.165, 1.54) is 0 Å². The minimum atomic E-state index is -2.83. The summed E-state index contributed by atoms with van der Waals surface area (Å²) in [5, 5.41) is 3.00. The number of sulfone groups is 1. The monoisotopic (exact) mass is 191 g/mol. The molecule has 0 spiro atoms. The SMILES string of the molecule is CC1CS(=O)(=O)C(C(C)C)CN1. The van der Waals surface area contributed by atoms with Crippen molar-refractivity contribution in [3.63, 3.8) is 0 Å². The third-order valence-electron chi connectivity index (χ3n) is 2.35. The summed E-state index contributed by atoms with van der Waals surface area (Å²) in [4.78, 5) is 0. The molecule has 0 amide bonds. The zero-order chi connectivity index (χ0) is 9.35. The summed E-state index contributed by atoms with van der Waals surface area (Å²) >= 11 is 0. The molecule has 0 saturated carbocycles. The van der Waals surface area contributed by atoms with Crippen LogP contribution in [0, 0.1) is 5.92 Å². The van der Waals surface area contributed by atoms with Crippen LogP contribution < -0.4 is 5.32 Å². The van der Waals surface area contributed by atoms with Gasteiger partial charge in [0.2, 0.25) is 0 Å². The van der Waals surface area contributed by atoms with Gasteiger partial charge in [0.05, 0.1) is 11.0 Å². The molecule has 0 aliphatic carbocycles. The van der Waals surface area contributed by atoms with Gasteiger partial charge in [-0.3, -0.25) is 0 Å². The summed E-state index contributed by atoms with van der Waals surface area (Å²) in [5.41, 5.74) is 0. The fraction of sp³-hybridized carbons (Fsp3) is 1.00. The van der Waals surface area contributed by atoms with Crippen LogP contribution in [0.2, 0.25) is 0 Å². The van der Waals surface area contributed by atoms with E-state index in [0.717, 1.165) is 0 Å². The maximum absolute atomic E-state index is 11.6. The maximum Gasteiger partial charge on any atom is 0.156 e. The molecule has 1 fully saturated rings. The van der Waals surface area contributed by atoms with E-state index in [-0.39, 0.29) is 23.0 Å². The van der Waals surface area contributed by atoms with Crippen LogP contribution in [-0.2, 0) is 9.84 Å². The molecule has 1 aliphatic rings. The van der Waals surface area contributed by atoms with E-state index in [0.29, 0.717) is 6.54 Å². The van der Waals surface area contributed by atoms with Crippen LogP contribution in [0.3, 0.4) is 0 Å². The standard InChI is InChI=1S/C8H17NO2S/c1-6(2)8-4-9-7(3)5-12(8,10)11/h6-9H,4-5H2,1-3H3. The van der Waals surface area contributed by atoms with Crippen LogP contribution in [0.15, 0.2) is 0 Å². The number of hydrogen-bond donors (Lipinski definition) is 1. The van der Waals surface area contributed by atoms with Crippen LogP contribution >= 0.6 is 0 Å². The van der Waals surface area contributed by atoms with Crippen molar-refractivity contribution in [3.05, 3.63) is 0 Å². The minimum absolute atomic E-state index is 0.116. The Hall–Kier alpha value is -0.0900. The lowest BCUT2D eigenvalue weighted by Gasteiger charge is -2.30. The van der Waals surface area contributed by atoms with Gasteiger partial charge in [-0.25, -0.2) is 8.42 Å². The normalized spacial score (nSPS) is 35.3. The first-order valence-corrected chi connectivity index (χ1v) is 6.10. The summed E-state index contributed by atoms with van der Waals surface area (Å²) in [7, 11) is -2.83. The van der Waals surface area contributed by atoms with Crippen LogP contribution in [0.4, 0.5) is 0 Å². The molecule has 1 rings (SSSR count). The molecule has 0 aromatic carbocycles. The van der Waals surface area contributed by atoms with Gasteiger partial charge in [-0.2, -0.15) is 0 Å². The minimum Gasteiger partial charge on any atom is -0.312 e. The Morgan fingerprint density at radius 3 is 2.42 bits per heavy atom. The van der Waals surface area contributed by atoms with E-state index in [4.69, 9.17) is 0 Å². The van der Waals surface area contributed by atoms with Crippen molar-refractivity contribution in [1.82, 2.24) is 5.32 Å². The van der Waals surface area contributed by atoms with Crippen molar-refractivity contribution in [2.45, 2.75) is 32.1 Å². The van der Waals surface area contributed by atoms with Crippen molar-refractivity contribution < 1.29 is 8.42 Å². The van der Waals surface area contributed by atoms with Gasteiger partial charge in [0, 0.05) is 12.6 Å². The molecule has 1 heterocycles. The van der Waals surface area contributed by atoms with Gasteiger partial charge in [0.1, 0.15) is 0 Å². The molecule has 0 radical (unpaired) electrons. The Morgan fingerprint density at radius 1 is 1.42 bits per heavy atom. The molecule has 0 bridgehead atoms. The van der Waals surface area contributed by atoms with Crippen LogP contribution in [0.1, 0.15) is 20.8 Å². The second kappa shape index (κ2) is 3.34. The first kappa shape index (κ1) is 9.99. The molecule has 0 aromatic heterocycles. The first-order chi connectivity index (χ1) is 5.43. The summed E-state index contributed by atoms with van der Waals surface area (Å²) in [5.74, 6) is 0.505. The molecule has 1 N–H and O–H groups in total. The van der Waals surface area contributed by atoms with Crippen molar-refractivity contribution >= 4 is 9.84 Å². The fourth-order valence-electron chi connectivity index (χ4n) is 1.63. The Kier molecular flexibility index (Phi) is 2.78. The van der Waals surface area contributed by atoms with Crippen LogP contribution in [0.5, 0.6) is 0 Å². The summed E-state index contributed by atoms with van der Waals surface area (Å²) < 4.78 is 23.2. The summed E-state index contributed by atoms with van der Waals surface area (Å²) in [6.45, 7) is 6.44. The van der Waals surface area contributed by atoms with Crippen molar-refractivity contribution in [1.29, 1.82) is 0 Å². The smallest absolute Gasteiger partial charge is 0.156 e. The molecule has 1 aliphatic heterocycles. The van der Waals surface area contributed by atoms with Gasteiger partial charge < -0.3 is 5.32 Å². The maximum atomic E-state index is 11.6. The molecule has 1 saturated heterocycles. The van der Waals surface area contributed by atoms with Crippen LogP contribution in [-0.4, -0.2) is 32.0 Å². The molecule has 4 heteroatoms. The van der Waals surface area contributed by atoms with Gasteiger partial charge >= 0.3 is 0 Å². The molecule has 0 aromatic rings. The Bertz CT molecular complexity index is 246. The number of nitrogens with one attached hydrogen (secondary N) is 1. The lowest BCUT2D eigenvalue weighted by Crippen LogP contribution is -2.51. The van der Waals surface area contributed by atoms with Gasteiger partial charge in [-0.05, 0) is 12.8 Å². The van der Waals surface area contributed by atoms with E-state index in [1.54, 1.807) is 0 Å². The largest absolute Gasteiger partial charge is 0.312 e. The molecule has 12 heavy (non-hydrogen) atoms. The van der Waals surface area contributed by atoms with E-state index in [9.17, 15) is 8.42 Å². The lowest BCUT2D eigenvalue weighted by molar-refractivity contribution is 0.453. The Morgan fingerprint density at radius 2 is 2.00 bits per heavy atom. The fourth-order valence-corrected chi connectivity index (χ4v) is 3.87. The van der Waals surface area contributed by atoms with Crippen molar-refractivity contribution in [3.8, 4) is 0 Å². The van der Waals surface area contributed by atoms with E-state index < -0.39 is 9.84 Å². The molecule has 72 valence electrons. The zero-order valence-corrected chi connectivity index (χ0v) is 8.69. The van der Waals surface area contributed by atoms with Gasteiger partial charge in [-0.1, -0.05) is 13.8 Å². The third kappa shape index (κ3) is 1.98. The average Bonchev–Trinajstić information content (AvgIpc) is 1.82. The van der Waals surface area contributed by atoms with Gasteiger partial charge in [0.15, 0.2) is 9.84 Å². The average molecular weight is 191 g/mol. The van der Waals surface area contributed by atoms with Crippen LogP contribution in [0.25, 0.3) is 0 Å². The molecular formula is C8H17NO2S. The predicted molar refractivity (Wildman–Crippen MR) is 49.9 cm³/mol. The highest BCUT2D eigenvalue weighted by atomic mass is 32.2. The zero-order valence-electron chi connectivity index (χ0n) is 7.87. The second-order valence-electron chi connectivity index (χ2n) is 3.92. The first-order valence-electron chi connectivity index (χ1n) is 4.38. The number of rotatable bonds is 1. The Balaban J connectivity index is 2.79. The molecule has 2 atom stereocenters. The highest BCUT2D eigenvalue weighted by Crippen LogP contribution is 2.17. The summed E-state index contributed by atoms with van der Waals surface area (Å²) in [6, 6.07) is 0.116. The Labute approximate surface area is 74.5 Å². The lowest BCUT2D eigenvalue weighted by atomic mass is 10.1. The van der Waals surface area contributed by atoms with Gasteiger partial charge in [-0.15, -0.1) is 0 Å². The number of hydrogen-bond acceptors (Lipinski definition) is 3. The van der Waals surface area contributed by atoms with Crippen molar-refractivity contribution in [2.24, 2.45) is 5.92 Å². The topological polar surface area (TPSA) is 46.2 Å². The quantitative estimate of drug-likeness (QED) is 0.653. The predicted octanol–water partition coefficient (Wildman–Crippen LogP) is 0.418. The highest BCUT2D eigenvalue weighted by Gasteiger charge is 2.33. The molecular weight excluding hydrogens is 174 g/mol. The molecule has 2 unspecified atom stereocenters. The van der Waals surface area contributed by atoms with Crippen molar-refractivity contribution in [2.75, 3.05) is 12.3 Å².